The Morgan fingerprint density at radius 2 is 1.62 bits per heavy atom. The first-order valence-corrected chi connectivity index (χ1v) is 9.62. The van der Waals surface area contributed by atoms with E-state index >= 15 is 0 Å². The summed E-state index contributed by atoms with van der Waals surface area (Å²) in [7, 11) is 0. The number of hydrogen-bond acceptors (Lipinski definition) is 4. The van der Waals surface area contributed by atoms with Gasteiger partial charge in [0.15, 0.2) is 0 Å². The Kier molecular flexibility index (Phi) is 9.80. The van der Waals surface area contributed by atoms with Crippen molar-refractivity contribution in [1.82, 2.24) is 5.32 Å². The SMILES string of the molecule is CCCCCCCCOC(=O)C1(NC(=O)OCC(C)C)CCCC1. The van der Waals surface area contributed by atoms with Gasteiger partial charge in [-0.15, -0.1) is 0 Å². The molecule has 0 atom stereocenters. The highest BCUT2D eigenvalue weighted by Gasteiger charge is 2.44. The molecule has 24 heavy (non-hydrogen) atoms. The molecule has 0 spiro atoms. The Balaban J connectivity index is 2.34. The van der Waals surface area contributed by atoms with Crippen molar-refractivity contribution in [3.05, 3.63) is 0 Å². The third kappa shape index (κ3) is 7.54. The van der Waals surface area contributed by atoms with Gasteiger partial charge in [-0.25, -0.2) is 9.59 Å². The van der Waals surface area contributed by atoms with E-state index in [4.69, 9.17) is 9.47 Å². The third-order valence-electron chi connectivity index (χ3n) is 4.47. The number of carbonyl (C=O) groups excluding carboxylic acids is 2. The van der Waals surface area contributed by atoms with E-state index in [9.17, 15) is 9.59 Å². The molecule has 0 aromatic heterocycles. The van der Waals surface area contributed by atoms with E-state index in [0.29, 0.717) is 26.1 Å². The zero-order chi connectivity index (χ0) is 17.8. The number of unbranched alkanes of at least 4 members (excludes halogenated alkanes) is 5. The van der Waals surface area contributed by atoms with Gasteiger partial charge in [-0.05, 0) is 25.2 Å². The van der Waals surface area contributed by atoms with E-state index < -0.39 is 11.6 Å². The van der Waals surface area contributed by atoms with Crippen LogP contribution in [0, 0.1) is 5.92 Å². The number of nitrogens with one attached hydrogen (secondary N) is 1. The van der Waals surface area contributed by atoms with Crippen molar-refractivity contribution >= 4 is 12.1 Å². The molecule has 0 aromatic carbocycles. The van der Waals surface area contributed by atoms with Crippen LogP contribution in [0.25, 0.3) is 0 Å². The van der Waals surface area contributed by atoms with Crippen LogP contribution in [-0.4, -0.2) is 30.8 Å². The molecule has 1 fully saturated rings. The number of ether oxygens (including phenoxy) is 2. The number of alkyl carbamates (subject to hydrolysis) is 1. The molecule has 140 valence electrons. The fourth-order valence-electron chi connectivity index (χ4n) is 3.02. The molecule has 1 N–H and O–H groups in total. The van der Waals surface area contributed by atoms with Crippen LogP contribution >= 0.6 is 0 Å². The van der Waals surface area contributed by atoms with E-state index in [2.05, 4.69) is 12.2 Å². The molecule has 0 saturated heterocycles. The summed E-state index contributed by atoms with van der Waals surface area (Å²) in [6.07, 6.45) is 9.54. The maximum Gasteiger partial charge on any atom is 0.408 e. The quantitative estimate of drug-likeness (QED) is 0.441. The molecule has 1 rings (SSSR count). The summed E-state index contributed by atoms with van der Waals surface area (Å²) < 4.78 is 10.6. The topological polar surface area (TPSA) is 64.6 Å². The van der Waals surface area contributed by atoms with E-state index in [-0.39, 0.29) is 11.9 Å². The van der Waals surface area contributed by atoms with Crippen molar-refractivity contribution in [3.8, 4) is 0 Å². The molecular formula is C19H35NO4. The van der Waals surface area contributed by atoms with Gasteiger partial charge in [0.2, 0.25) is 0 Å². The van der Waals surface area contributed by atoms with Gasteiger partial charge in [-0.3, -0.25) is 0 Å². The highest BCUT2D eigenvalue weighted by molar-refractivity contribution is 5.86. The fraction of sp³-hybridized carbons (Fsp3) is 0.895. The van der Waals surface area contributed by atoms with Crippen LogP contribution in [-0.2, 0) is 14.3 Å². The Bertz CT molecular complexity index is 376. The Morgan fingerprint density at radius 3 is 2.25 bits per heavy atom. The first-order chi connectivity index (χ1) is 11.5. The predicted octanol–water partition coefficient (Wildman–Crippen LogP) is 4.59. The summed E-state index contributed by atoms with van der Waals surface area (Å²) in [6, 6.07) is 0. The van der Waals surface area contributed by atoms with Crippen LogP contribution in [0.1, 0.15) is 85.0 Å². The molecular weight excluding hydrogens is 306 g/mol. The zero-order valence-electron chi connectivity index (χ0n) is 15.7. The van der Waals surface area contributed by atoms with Gasteiger partial charge in [0.1, 0.15) is 5.54 Å². The number of esters is 1. The average Bonchev–Trinajstić information content (AvgIpc) is 3.01. The average molecular weight is 341 g/mol. The summed E-state index contributed by atoms with van der Waals surface area (Å²) in [5.74, 6) is -0.0232. The minimum absolute atomic E-state index is 0.273. The molecule has 1 amide bonds. The van der Waals surface area contributed by atoms with Crippen LogP contribution in [0.3, 0.4) is 0 Å². The van der Waals surface area contributed by atoms with Crippen molar-refractivity contribution in [2.75, 3.05) is 13.2 Å². The summed E-state index contributed by atoms with van der Waals surface area (Å²) in [4.78, 5) is 24.4. The van der Waals surface area contributed by atoms with Crippen LogP contribution in [0.2, 0.25) is 0 Å². The van der Waals surface area contributed by atoms with Crippen LogP contribution in [0.5, 0.6) is 0 Å². The van der Waals surface area contributed by atoms with Crippen LogP contribution in [0.4, 0.5) is 4.79 Å². The normalized spacial score (nSPS) is 16.2. The van der Waals surface area contributed by atoms with Gasteiger partial charge in [0.25, 0.3) is 0 Å². The molecule has 0 unspecified atom stereocenters. The van der Waals surface area contributed by atoms with Crippen molar-refractivity contribution in [3.63, 3.8) is 0 Å². The highest BCUT2D eigenvalue weighted by atomic mass is 16.6. The van der Waals surface area contributed by atoms with Crippen molar-refractivity contribution in [2.24, 2.45) is 5.92 Å². The molecule has 5 heteroatoms. The van der Waals surface area contributed by atoms with E-state index in [1.165, 1.54) is 25.7 Å². The Labute approximate surface area is 146 Å². The molecule has 0 aromatic rings. The summed E-state index contributed by atoms with van der Waals surface area (Å²) in [5.41, 5.74) is -0.879. The molecule has 1 aliphatic carbocycles. The lowest BCUT2D eigenvalue weighted by molar-refractivity contribution is -0.151. The molecule has 0 radical (unpaired) electrons. The number of amides is 1. The smallest absolute Gasteiger partial charge is 0.408 e. The second-order valence-electron chi connectivity index (χ2n) is 7.31. The number of carbonyl (C=O) groups is 2. The minimum atomic E-state index is -0.879. The van der Waals surface area contributed by atoms with E-state index in [0.717, 1.165) is 25.7 Å². The molecule has 0 bridgehead atoms. The summed E-state index contributed by atoms with van der Waals surface area (Å²) in [5, 5.41) is 2.78. The first-order valence-electron chi connectivity index (χ1n) is 9.62. The largest absolute Gasteiger partial charge is 0.464 e. The van der Waals surface area contributed by atoms with Gasteiger partial charge < -0.3 is 14.8 Å². The third-order valence-corrected chi connectivity index (χ3v) is 4.47. The van der Waals surface area contributed by atoms with Crippen molar-refractivity contribution in [2.45, 2.75) is 90.5 Å². The van der Waals surface area contributed by atoms with Gasteiger partial charge in [-0.2, -0.15) is 0 Å². The highest BCUT2D eigenvalue weighted by Crippen LogP contribution is 2.31. The molecule has 1 aliphatic rings. The summed E-state index contributed by atoms with van der Waals surface area (Å²) >= 11 is 0. The lowest BCUT2D eigenvalue weighted by Crippen LogP contribution is -2.53. The molecule has 1 saturated carbocycles. The van der Waals surface area contributed by atoms with Gasteiger partial charge in [0, 0.05) is 0 Å². The van der Waals surface area contributed by atoms with Crippen molar-refractivity contribution < 1.29 is 19.1 Å². The van der Waals surface area contributed by atoms with Gasteiger partial charge >= 0.3 is 12.1 Å². The molecule has 5 nitrogen and oxygen atoms in total. The van der Waals surface area contributed by atoms with Gasteiger partial charge in [-0.1, -0.05) is 65.7 Å². The summed E-state index contributed by atoms with van der Waals surface area (Å²) in [6.45, 7) is 6.95. The molecule has 0 aliphatic heterocycles. The Morgan fingerprint density at radius 1 is 1.00 bits per heavy atom. The predicted molar refractivity (Wildman–Crippen MR) is 94.9 cm³/mol. The van der Waals surface area contributed by atoms with Gasteiger partial charge in [0.05, 0.1) is 13.2 Å². The van der Waals surface area contributed by atoms with E-state index in [1.54, 1.807) is 0 Å². The lowest BCUT2D eigenvalue weighted by atomic mass is 9.98. The molecule has 0 heterocycles. The maximum atomic E-state index is 12.5. The Hall–Kier alpha value is -1.26. The standard InChI is InChI=1S/C19H35NO4/c1-4-5-6-7-8-11-14-23-17(21)19(12-9-10-13-19)20-18(22)24-15-16(2)3/h16H,4-15H2,1-3H3,(H,20,22). The van der Waals surface area contributed by atoms with Crippen LogP contribution < -0.4 is 5.32 Å². The fourth-order valence-corrected chi connectivity index (χ4v) is 3.02. The first kappa shape index (κ1) is 20.8. The zero-order valence-corrected chi connectivity index (χ0v) is 15.7. The second kappa shape index (κ2) is 11.3. The number of rotatable bonds is 11. The minimum Gasteiger partial charge on any atom is -0.464 e. The number of hydrogen-bond donors (Lipinski definition) is 1. The van der Waals surface area contributed by atoms with Crippen molar-refractivity contribution in [1.29, 1.82) is 0 Å². The van der Waals surface area contributed by atoms with Crippen LogP contribution in [0.15, 0.2) is 0 Å². The second-order valence-corrected chi connectivity index (χ2v) is 7.31. The maximum absolute atomic E-state index is 12.5. The van der Waals surface area contributed by atoms with E-state index in [1.807, 2.05) is 13.8 Å². The lowest BCUT2D eigenvalue weighted by Gasteiger charge is -2.27. The monoisotopic (exact) mass is 341 g/mol.